The van der Waals surface area contributed by atoms with E-state index in [1.807, 2.05) is 12.1 Å². The first-order valence-corrected chi connectivity index (χ1v) is 7.05. The zero-order chi connectivity index (χ0) is 13.5. The zero-order valence-electron chi connectivity index (χ0n) is 10.8. The van der Waals surface area contributed by atoms with Crippen molar-refractivity contribution in [1.29, 1.82) is 0 Å². The third kappa shape index (κ3) is 4.63. The van der Waals surface area contributed by atoms with Crippen LogP contribution in [0.2, 0.25) is 5.02 Å². The Morgan fingerprint density at radius 3 is 2.79 bits per heavy atom. The maximum absolute atomic E-state index is 11.6. The Labute approximate surface area is 118 Å². The normalized spacial score (nSPS) is 15.2. The maximum atomic E-state index is 11.6. The molecule has 0 spiro atoms. The summed E-state index contributed by atoms with van der Waals surface area (Å²) in [4.78, 5) is 11.6. The highest BCUT2D eigenvalue weighted by atomic mass is 35.5. The van der Waals surface area contributed by atoms with Crippen LogP contribution in [0.15, 0.2) is 24.3 Å². The fourth-order valence-corrected chi connectivity index (χ4v) is 2.38. The van der Waals surface area contributed by atoms with Gasteiger partial charge in [0.2, 0.25) is 0 Å². The molecule has 5 heteroatoms. The van der Waals surface area contributed by atoms with Crippen molar-refractivity contribution in [2.75, 3.05) is 13.2 Å². The second kappa shape index (κ2) is 7.24. The highest BCUT2D eigenvalue weighted by molar-refractivity contribution is 6.32. The van der Waals surface area contributed by atoms with E-state index < -0.39 is 0 Å². The van der Waals surface area contributed by atoms with Crippen LogP contribution in [0.3, 0.4) is 0 Å². The number of nitrogens with one attached hydrogen (secondary N) is 2. The van der Waals surface area contributed by atoms with E-state index >= 15 is 0 Å². The molecule has 104 valence electrons. The van der Waals surface area contributed by atoms with Crippen LogP contribution >= 0.6 is 11.6 Å². The van der Waals surface area contributed by atoms with E-state index in [0.717, 1.165) is 12.8 Å². The number of carbonyl (C=O) groups is 1. The number of amides is 2. The number of carbonyl (C=O) groups excluding carboxylic acids is 1. The average Bonchev–Trinajstić information content (AvgIpc) is 2.89. The molecule has 1 saturated carbocycles. The van der Waals surface area contributed by atoms with Crippen molar-refractivity contribution >= 4 is 17.6 Å². The Bertz CT molecular complexity index is 420. The summed E-state index contributed by atoms with van der Waals surface area (Å²) in [5, 5.41) is 6.32. The Kier molecular flexibility index (Phi) is 5.33. The zero-order valence-corrected chi connectivity index (χ0v) is 11.6. The third-order valence-electron chi connectivity index (χ3n) is 3.17. The minimum absolute atomic E-state index is 0.116. The molecule has 0 heterocycles. The summed E-state index contributed by atoms with van der Waals surface area (Å²) in [7, 11) is 0. The molecule has 0 aromatic heterocycles. The molecule has 1 aliphatic rings. The van der Waals surface area contributed by atoms with Gasteiger partial charge < -0.3 is 15.4 Å². The van der Waals surface area contributed by atoms with Crippen molar-refractivity contribution in [3.05, 3.63) is 29.3 Å². The van der Waals surface area contributed by atoms with E-state index in [2.05, 4.69) is 10.6 Å². The standard InChI is InChI=1S/C14H19ClN2O2/c15-12-7-3-4-8-13(12)19-10-9-16-14(18)17-11-5-1-2-6-11/h3-4,7-8,11H,1-2,5-6,9-10H2,(H2,16,17,18). The van der Waals surface area contributed by atoms with E-state index in [-0.39, 0.29) is 6.03 Å². The summed E-state index contributed by atoms with van der Waals surface area (Å²) in [6, 6.07) is 7.52. The smallest absolute Gasteiger partial charge is 0.315 e. The van der Waals surface area contributed by atoms with Gasteiger partial charge in [-0.2, -0.15) is 0 Å². The average molecular weight is 283 g/mol. The molecule has 0 unspecified atom stereocenters. The van der Waals surface area contributed by atoms with Gasteiger partial charge in [-0.3, -0.25) is 0 Å². The van der Waals surface area contributed by atoms with Crippen LogP contribution in [-0.2, 0) is 0 Å². The van der Waals surface area contributed by atoms with Gasteiger partial charge in [-0.05, 0) is 25.0 Å². The van der Waals surface area contributed by atoms with Crippen molar-refractivity contribution in [2.24, 2.45) is 0 Å². The lowest BCUT2D eigenvalue weighted by molar-refractivity contribution is 0.233. The molecule has 0 saturated heterocycles. The fourth-order valence-electron chi connectivity index (χ4n) is 2.19. The number of urea groups is 1. The van der Waals surface area contributed by atoms with E-state index in [4.69, 9.17) is 16.3 Å². The summed E-state index contributed by atoms with van der Waals surface area (Å²) in [6.45, 7) is 0.867. The molecule has 1 aliphatic carbocycles. The molecular formula is C14H19ClN2O2. The van der Waals surface area contributed by atoms with Crippen molar-refractivity contribution in [1.82, 2.24) is 10.6 Å². The molecule has 0 aliphatic heterocycles. The topological polar surface area (TPSA) is 50.4 Å². The number of hydrogen-bond donors (Lipinski definition) is 2. The number of para-hydroxylation sites is 1. The monoisotopic (exact) mass is 282 g/mol. The van der Waals surface area contributed by atoms with Gasteiger partial charge in [0.05, 0.1) is 11.6 Å². The number of hydrogen-bond acceptors (Lipinski definition) is 2. The third-order valence-corrected chi connectivity index (χ3v) is 3.48. The SMILES string of the molecule is O=C(NCCOc1ccccc1Cl)NC1CCCC1. The van der Waals surface area contributed by atoms with Crippen molar-refractivity contribution in [3.8, 4) is 5.75 Å². The van der Waals surface area contributed by atoms with E-state index in [0.29, 0.717) is 30.0 Å². The lowest BCUT2D eigenvalue weighted by Gasteiger charge is -2.13. The lowest BCUT2D eigenvalue weighted by atomic mass is 10.3. The first-order chi connectivity index (χ1) is 9.25. The summed E-state index contributed by atoms with van der Waals surface area (Å²) in [5.74, 6) is 0.641. The van der Waals surface area contributed by atoms with Crippen molar-refractivity contribution in [3.63, 3.8) is 0 Å². The Balaban J connectivity index is 1.61. The molecule has 0 bridgehead atoms. The van der Waals surface area contributed by atoms with Gasteiger partial charge in [0.25, 0.3) is 0 Å². The fraction of sp³-hybridized carbons (Fsp3) is 0.500. The first kappa shape index (κ1) is 14.0. The molecule has 0 atom stereocenters. The van der Waals surface area contributed by atoms with Crippen molar-refractivity contribution < 1.29 is 9.53 Å². The molecule has 1 aromatic rings. The number of rotatable bonds is 5. The van der Waals surface area contributed by atoms with Gasteiger partial charge in [-0.25, -0.2) is 4.79 Å². The quantitative estimate of drug-likeness (QED) is 0.816. The summed E-state index contributed by atoms with van der Waals surface area (Å²) in [5.41, 5.74) is 0. The Hall–Kier alpha value is -1.42. The Morgan fingerprint density at radius 1 is 1.32 bits per heavy atom. The molecule has 2 N–H and O–H groups in total. The molecule has 4 nitrogen and oxygen atoms in total. The molecule has 19 heavy (non-hydrogen) atoms. The summed E-state index contributed by atoms with van der Waals surface area (Å²) >= 11 is 5.95. The first-order valence-electron chi connectivity index (χ1n) is 6.67. The van der Waals surface area contributed by atoms with Gasteiger partial charge in [0, 0.05) is 6.04 Å². The highest BCUT2D eigenvalue weighted by Gasteiger charge is 2.16. The van der Waals surface area contributed by atoms with Crippen LogP contribution in [-0.4, -0.2) is 25.2 Å². The van der Waals surface area contributed by atoms with Crippen LogP contribution in [0.4, 0.5) is 4.79 Å². The van der Waals surface area contributed by atoms with E-state index in [1.165, 1.54) is 12.8 Å². The number of halogens is 1. The van der Waals surface area contributed by atoms with Crippen molar-refractivity contribution in [2.45, 2.75) is 31.7 Å². The second-order valence-electron chi connectivity index (χ2n) is 4.66. The van der Waals surface area contributed by atoms with Gasteiger partial charge in [-0.1, -0.05) is 36.6 Å². The van der Waals surface area contributed by atoms with E-state index in [9.17, 15) is 4.79 Å². The minimum atomic E-state index is -0.116. The molecular weight excluding hydrogens is 264 g/mol. The summed E-state index contributed by atoms with van der Waals surface area (Å²) < 4.78 is 5.48. The summed E-state index contributed by atoms with van der Waals surface area (Å²) in [6.07, 6.45) is 4.59. The molecule has 0 radical (unpaired) electrons. The largest absolute Gasteiger partial charge is 0.490 e. The molecule has 2 rings (SSSR count). The minimum Gasteiger partial charge on any atom is -0.490 e. The van der Waals surface area contributed by atoms with Gasteiger partial charge in [-0.15, -0.1) is 0 Å². The number of benzene rings is 1. The molecule has 1 aromatic carbocycles. The maximum Gasteiger partial charge on any atom is 0.315 e. The van der Waals surface area contributed by atoms with Crippen LogP contribution in [0.25, 0.3) is 0 Å². The van der Waals surface area contributed by atoms with E-state index in [1.54, 1.807) is 12.1 Å². The van der Waals surface area contributed by atoms with Crippen LogP contribution in [0, 0.1) is 0 Å². The Morgan fingerprint density at radius 2 is 2.05 bits per heavy atom. The number of ether oxygens (including phenoxy) is 1. The van der Waals surface area contributed by atoms with Gasteiger partial charge in [0.15, 0.2) is 0 Å². The predicted octanol–water partition coefficient (Wildman–Crippen LogP) is 2.96. The second-order valence-corrected chi connectivity index (χ2v) is 5.07. The van der Waals surface area contributed by atoms with Crippen LogP contribution in [0.1, 0.15) is 25.7 Å². The highest BCUT2D eigenvalue weighted by Crippen LogP contribution is 2.22. The predicted molar refractivity (Wildman–Crippen MR) is 75.7 cm³/mol. The van der Waals surface area contributed by atoms with Crippen LogP contribution in [0.5, 0.6) is 5.75 Å². The molecule has 2 amide bonds. The van der Waals surface area contributed by atoms with Gasteiger partial charge >= 0.3 is 6.03 Å². The van der Waals surface area contributed by atoms with Crippen LogP contribution < -0.4 is 15.4 Å². The molecule has 1 fully saturated rings. The lowest BCUT2D eigenvalue weighted by Crippen LogP contribution is -2.42. The van der Waals surface area contributed by atoms with Gasteiger partial charge in [0.1, 0.15) is 12.4 Å².